The van der Waals surface area contributed by atoms with Gasteiger partial charge >= 0.3 is 6.09 Å². The SMILES string of the molecule is CC(C)(C)OC(=O)NNCc1ccc2c(c1)OCO2. The van der Waals surface area contributed by atoms with E-state index in [1.165, 1.54) is 0 Å². The molecule has 6 nitrogen and oxygen atoms in total. The van der Waals surface area contributed by atoms with E-state index in [1.54, 1.807) is 0 Å². The summed E-state index contributed by atoms with van der Waals surface area (Å²) in [6.45, 7) is 6.15. The number of ether oxygens (including phenoxy) is 3. The van der Waals surface area contributed by atoms with Crippen molar-refractivity contribution in [2.45, 2.75) is 32.9 Å². The Labute approximate surface area is 112 Å². The van der Waals surface area contributed by atoms with Crippen molar-refractivity contribution in [3.63, 3.8) is 0 Å². The lowest BCUT2D eigenvalue weighted by Gasteiger charge is -2.19. The second kappa shape index (κ2) is 5.36. The number of amides is 1. The van der Waals surface area contributed by atoms with Gasteiger partial charge in [0.2, 0.25) is 6.79 Å². The molecule has 0 atom stereocenters. The normalized spacial score (nSPS) is 13.2. The molecule has 1 aliphatic rings. The molecule has 1 aromatic carbocycles. The molecule has 1 aromatic rings. The highest BCUT2D eigenvalue weighted by atomic mass is 16.7. The molecule has 0 radical (unpaired) electrons. The lowest BCUT2D eigenvalue weighted by Crippen LogP contribution is -2.40. The average Bonchev–Trinajstić information content (AvgIpc) is 2.73. The van der Waals surface area contributed by atoms with Crippen LogP contribution in [0.15, 0.2) is 18.2 Å². The van der Waals surface area contributed by atoms with Crippen LogP contribution >= 0.6 is 0 Å². The molecule has 6 heteroatoms. The highest BCUT2D eigenvalue weighted by Crippen LogP contribution is 2.32. The van der Waals surface area contributed by atoms with Crippen molar-refractivity contribution in [3.8, 4) is 11.5 Å². The Kier molecular flexibility index (Phi) is 3.80. The molecule has 0 spiro atoms. The van der Waals surface area contributed by atoms with Gasteiger partial charge < -0.3 is 14.2 Å². The number of benzene rings is 1. The van der Waals surface area contributed by atoms with Crippen LogP contribution in [0.2, 0.25) is 0 Å². The molecule has 1 amide bonds. The fourth-order valence-electron chi connectivity index (χ4n) is 1.57. The predicted octanol–water partition coefficient (Wildman–Crippen LogP) is 1.94. The summed E-state index contributed by atoms with van der Waals surface area (Å²) in [6.07, 6.45) is -0.506. The Morgan fingerprint density at radius 1 is 1.32 bits per heavy atom. The summed E-state index contributed by atoms with van der Waals surface area (Å²) in [5.74, 6) is 1.46. The van der Waals surface area contributed by atoms with Gasteiger partial charge in [0.25, 0.3) is 0 Å². The van der Waals surface area contributed by atoms with Gasteiger partial charge in [0.1, 0.15) is 5.60 Å². The zero-order valence-electron chi connectivity index (χ0n) is 11.3. The Balaban J connectivity index is 1.78. The molecular formula is C13H18N2O4. The Morgan fingerprint density at radius 3 is 2.79 bits per heavy atom. The quantitative estimate of drug-likeness (QED) is 0.818. The summed E-state index contributed by atoms with van der Waals surface area (Å²) in [7, 11) is 0. The number of carbonyl (C=O) groups excluding carboxylic acids is 1. The Morgan fingerprint density at radius 2 is 2.05 bits per heavy atom. The molecule has 0 saturated heterocycles. The molecule has 0 unspecified atom stereocenters. The van der Waals surface area contributed by atoms with E-state index in [1.807, 2.05) is 39.0 Å². The molecule has 1 aliphatic heterocycles. The van der Waals surface area contributed by atoms with Gasteiger partial charge in [-0.2, -0.15) is 0 Å². The average molecular weight is 266 g/mol. The Bertz CT molecular complexity index is 468. The first kappa shape index (κ1) is 13.5. The van der Waals surface area contributed by atoms with Crippen molar-refractivity contribution in [3.05, 3.63) is 23.8 Å². The minimum Gasteiger partial charge on any atom is -0.454 e. The largest absolute Gasteiger partial charge is 0.454 e. The van der Waals surface area contributed by atoms with Crippen molar-refractivity contribution in [1.29, 1.82) is 0 Å². The van der Waals surface area contributed by atoms with Gasteiger partial charge in [-0.3, -0.25) is 5.43 Å². The first-order valence-corrected chi connectivity index (χ1v) is 6.04. The molecule has 0 saturated carbocycles. The summed E-state index contributed by atoms with van der Waals surface area (Å²) in [5, 5.41) is 0. The van der Waals surface area contributed by atoms with Crippen LogP contribution in [0.4, 0.5) is 4.79 Å². The van der Waals surface area contributed by atoms with Crippen LogP contribution in [0.5, 0.6) is 11.5 Å². The minimum atomic E-state index is -0.509. The monoisotopic (exact) mass is 266 g/mol. The van der Waals surface area contributed by atoms with E-state index in [0.29, 0.717) is 6.54 Å². The number of hydrogen-bond donors (Lipinski definition) is 2. The number of rotatable bonds is 3. The third kappa shape index (κ3) is 4.03. The van der Waals surface area contributed by atoms with Crippen LogP contribution in [0.1, 0.15) is 26.3 Å². The van der Waals surface area contributed by atoms with Crippen molar-refractivity contribution in [1.82, 2.24) is 10.9 Å². The summed E-state index contributed by atoms with van der Waals surface area (Å²) < 4.78 is 15.6. The van der Waals surface area contributed by atoms with Crippen LogP contribution in [0.3, 0.4) is 0 Å². The van der Waals surface area contributed by atoms with Gasteiger partial charge in [-0.1, -0.05) is 6.07 Å². The number of fused-ring (bicyclic) bond motifs is 1. The van der Waals surface area contributed by atoms with Crippen LogP contribution in [0.25, 0.3) is 0 Å². The van der Waals surface area contributed by atoms with Crippen LogP contribution in [-0.4, -0.2) is 18.5 Å². The van der Waals surface area contributed by atoms with E-state index >= 15 is 0 Å². The minimum absolute atomic E-state index is 0.252. The zero-order valence-corrected chi connectivity index (χ0v) is 11.3. The van der Waals surface area contributed by atoms with Crippen molar-refractivity contribution >= 4 is 6.09 Å². The molecule has 2 N–H and O–H groups in total. The third-order valence-electron chi connectivity index (χ3n) is 2.32. The third-order valence-corrected chi connectivity index (χ3v) is 2.32. The van der Waals surface area contributed by atoms with Gasteiger partial charge in [0, 0.05) is 6.54 Å². The first-order chi connectivity index (χ1) is 8.94. The Hall–Kier alpha value is -1.95. The standard InChI is InChI=1S/C13H18N2O4/c1-13(2,3)19-12(16)15-14-7-9-4-5-10-11(6-9)18-8-17-10/h4-6,14H,7-8H2,1-3H3,(H,15,16). The molecular weight excluding hydrogens is 248 g/mol. The van der Waals surface area contributed by atoms with E-state index in [2.05, 4.69) is 10.9 Å². The second-order valence-electron chi connectivity index (χ2n) is 5.17. The smallest absolute Gasteiger partial charge is 0.422 e. The first-order valence-electron chi connectivity index (χ1n) is 6.04. The summed E-state index contributed by atoms with van der Waals surface area (Å²) in [4.78, 5) is 11.4. The summed E-state index contributed by atoms with van der Waals surface area (Å²) in [6, 6.07) is 5.61. The molecule has 0 bridgehead atoms. The number of hydrazine groups is 1. The lowest BCUT2D eigenvalue weighted by molar-refractivity contribution is 0.0497. The molecule has 19 heavy (non-hydrogen) atoms. The maximum atomic E-state index is 11.4. The van der Waals surface area contributed by atoms with E-state index in [9.17, 15) is 4.79 Å². The van der Waals surface area contributed by atoms with Gasteiger partial charge in [-0.05, 0) is 38.5 Å². The van der Waals surface area contributed by atoms with Crippen molar-refractivity contribution < 1.29 is 19.0 Å². The van der Waals surface area contributed by atoms with Gasteiger partial charge in [-0.15, -0.1) is 0 Å². The fraction of sp³-hybridized carbons (Fsp3) is 0.462. The zero-order chi connectivity index (χ0) is 13.9. The molecule has 0 aliphatic carbocycles. The highest BCUT2D eigenvalue weighted by molar-refractivity contribution is 5.67. The number of nitrogens with one attached hydrogen (secondary N) is 2. The van der Waals surface area contributed by atoms with Crippen molar-refractivity contribution in [2.75, 3.05) is 6.79 Å². The summed E-state index contributed by atoms with van der Waals surface area (Å²) in [5.41, 5.74) is 5.73. The van der Waals surface area contributed by atoms with Crippen LogP contribution in [-0.2, 0) is 11.3 Å². The van der Waals surface area contributed by atoms with Crippen molar-refractivity contribution in [2.24, 2.45) is 0 Å². The molecule has 104 valence electrons. The molecule has 1 heterocycles. The maximum Gasteiger partial charge on any atom is 0.422 e. The molecule has 0 aromatic heterocycles. The van der Waals surface area contributed by atoms with Gasteiger partial charge in [0.05, 0.1) is 0 Å². The maximum absolute atomic E-state index is 11.4. The van der Waals surface area contributed by atoms with Crippen LogP contribution < -0.4 is 20.3 Å². The fourth-order valence-corrected chi connectivity index (χ4v) is 1.57. The second-order valence-corrected chi connectivity index (χ2v) is 5.17. The lowest BCUT2D eigenvalue weighted by atomic mass is 10.2. The highest BCUT2D eigenvalue weighted by Gasteiger charge is 2.16. The molecule has 2 rings (SSSR count). The summed E-state index contributed by atoms with van der Waals surface area (Å²) >= 11 is 0. The van der Waals surface area contributed by atoms with Crippen LogP contribution in [0, 0.1) is 0 Å². The van der Waals surface area contributed by atoms with Gasteiger partial charge in [0.15, 0.2) is 11.5 Å². The number of carbonyl (C=O) groups is 1. The van der Waals surface area contributed by atoms with E-state index in [-0.39, 0.29) is 6.79 Å². The van der Waals surface area contributed by atoms with E-state index in [0.717, 1.165) is 17.1 Å². The molecule has 0 fully saturated rings. The van der Waals surface area contributed by atoms with Gasteiger partial charge in [-0.25, -0.2) is 10.2 Å². The van der Waals surface area contributed by atoms with E-state index in [4.69, 9.17) is 14.2 Å². The predicted molar refractivity (Wildman–Crippen MR) is 68.8 cm³/mol. The topological polar surface area (TPSA) is 68.8 Å². The van der Waals surface area contributed by atoms with E-state index < -0.39 is 11.7 Å². The number of hydrogen-bond acceptors (Lipinski definition) is 5.